The molecule has 1 aromatic carbocycles. The highest BCUT2D eigenvalue weighted by Crippen LogP contribution is 2.41. The third kappa shape index (κ3) is 2.66. The number of benzene rings is 1. The molecule has 1 aromatic rings. The summed E-state index contributed by atoms with van der Waals surface area (Å²) in [5.74, 6) is -1.79. The monoisotopic (exact) mass is 257 g/mol. The zero-order valence-corrected chi connectivity index (χ0v) is 8.04. The number of phenolic OH excluding ortho intramolecular Hbond substituents is 1. The second kappa shape index (κ2) is 4.05. The van der Waals surface area contributed by atoms with Crippen LogP contribution in [0.4, 0.5) is 18.9 Å². The van der Waals surface area contributed by atoms with Gasteiger partial charge in [-0.05, 0) is 12.1 Å². The van der Waals surface area contributed by atoms with Gasteiger partial charge < -0.3 is 9.84 Å². The van der Waals surface area contributed by atoms with E-state index in [2.05, 4.69) is 4.74 Å². The van der Waals surface area contributed by atoms with Gasteiger partial charge in [-0.3, -0.25) is 10.1 Å². The van der Waals surface area contributed by atoms with Crippen LogP contribution in [-0.2, 0) is 0 Å². The lowest BCUT2D eigenvalue weighted by atomic mass is 10.3. The second-order valence-corrected chi connectivity index (χ2v) is 2.93. The summed E-state index contributed by atoms with van der Waals surface area (Å²) in [7, 11) is 0. The molecule has 1 N–H and O–H groups in total. The number of phenols is 1. The molecule has 0 saturated carbocycles. The maximum absolute atomic E-state index is 11.8. The Bertz CT molecular complexity index is 434. The van der Waals surface area contributed by atoms with Gasteiger partial charge in [0.2, 0.25) is 0 Å². The summed E-state index contributed by atoms with van der Waals surface area (Å²) in [4.78, 5) is 9.27. The average Bonchev–Trinajstić information content (AvgIpc) is 2.07. The van der Waals surface area contributed by atoms with E-state index in [1.54, 1.807) is 0 Å². The maximum atomic E-state index is 11.8. The van der Waals surface area contributed by atoms with Crippen LogP contribution in [0.5, 0.6) is 11.5 Å². The highest BCUT2D eigenvalue weighted by molar-refractivity contribution is 6.34. The van der Waals surface area contributed by atoms with Gasteiger partial charge in [-0.2, -0.15) is 0 Å². The van der Waals surface area contributed by atoms with Gasteiger partial charge in [0.05, 0.1) is 4.92 Å². The molecule has 0 saturated heterocycles. The quantitative estimate of drug-likeness (QED) is 0.653. The summed E-state index contributed by atoms with van der Waals surface area (Å²) in [6.07, 6.45) is -5.02. The maximum Gasteiger partial charge on any atom is 0.573 e. The molecule has 16 heavy (non-hydrogen) atoms. The average molecular weight is 258 g/mol. The summed E-state index contributed by atoms with van der Waals surface area (Å²) in [6.45, 7) is 0. The lowest BCUT2D eigenvalue weighted by Crippen LogP contribution is -2.17. The molecule has 88 valence electrons. The van der Waals surface area contributed by atoms with E-state index in [4.69, 9.17) is 16.7 Å². The molecule has 0 amide bonds. The summed E-state index contributed by atoms with van der Waals surface area (Å²) >= 11 is 5.29. The summed E-state index contributed by atoms with van der Waals surface area (Å²) in [5.41, 5.74) is -1.04. The largest absolute Gasteiger partial charge is 0.573 e. The standard InChI is InChI=1S/C7H3ClF3NO4/c8-5-4(16-7(9,10)11)2-1-3(13)6(5)12(14)15/h1-2,13H. The number of aromatic hydroxyl groups is 1. The van der Waals surface area contributed by atoms with Gasteiger partial charge in [-0.1, -0.05) is 11.6 Å². The van der Waals surface area contributed by atoms with Crippen molar-refractivity contribution in [3.63, 3.8) is 0 Å². The van der Waals surface area contributed by atoms with Crippen LogP contribution in [0, 0.1) is 10.1 Å². The van der Waals surface area contributed by atoms with E-state index < -0.39 is 33.5 Å². The molecule has 0 aromatic heterocycles. The van der Waals surface area contributed by atoms with E-state index in [-0.39, 0.29) is 0 Å². The molecule has 9 heteroatoms. The minimum Gasteiger partial charge on any atom is -0.502 e. The van der Waals surface area contributed by atoms with Crippen LogP contribution in [0.1, 0.15) is 0 Å². The van der Waals surface area contributed by atoms with Gasteiger partial charge in [-0.15, -0.1) is 13.2 Å². The molecule has 0 radical (unpaired) electrons. The second-order valence-electron chi connectivity index (χ2n) is 2.55. The van der Waals surface area contributed by atoms with Crippen molar-refractivity contribution >= 4 is 17.3 Å². The Kier molecular flexibility index (Phi) is 3.13. The molecule has 0 aliphatic heterocycles. The van der Waals surface area contributed by atoms with Crippen molar-refractivity contribution in [1.82, 2.24) is 0 Å². The fourth-order valence-electron chi connectivity index (χ4n) is 0.913. The summed E-state index contributed by atoms with van der Waals surface area (Å²) < 4.78 is 39.0. The molecule has 5 nitrogen and oxygen atoms in total. The minimum absolute atomic E-state index is 0.679. The van der Waals surface area contributed by atoms with Crippen molar-refractivity contribution in [3.8, 4) is 11.5 Å². The van der Waals surface area contributed by atoms with Crippen LogP contribution in [0.3, 0.4) is 0 Å². The highest BCUT2D eigenvalue weighted by atomic mass is 35.5. The Morgan fingerprint density at radius 3 is 2.44 bits per heavy atom. The number of nitro groups is 1. The first-order valence-electron chi connectivity index (χ1n) is 3.64. The van der Waals surface area contributed by atoms with Crippen molar-refractivity contribution in [2.24, 2.45) is 0 Å². The van der Waals surface area contributed by atoms with E-state index in [9.17, 15) is 23.3 Å². The fourth-order valence-corrected chi connectivity index (χ4v) is 1.18. The molecular formula is C7H3ClF3NO4. The van der Waals surface area contributed by atoms with Crippen molar-refractivity contribution in [1.29, 1.82) is 0 Å². The van der Waals surface area contributed by atoms with Gasteiger partial charge in [0.25, 0.3) is 0 Å². The first-order chi connectivity index (χ1) is 7.22. The van der Waals surface area contributed by atoms with E-state index in [1.807, 2.05) is 0 Å². The molecule has 0 fully saturated rings. The molecule has 0 heterocycles. The molecular weight excluding hydrogens is 255 g/mol. The number of hydrogen-bond donors (Lipinski definition) is 1. The first-order valence-corrected chi connectivity index (χ1v) is 4.02. The summed E-state index contributed by atoms with van der Waals surface area (Å²) in [6, 6.07) is 1.36. The first kappa shape index (κ1) is 12.4. The Balaban J connectivity index is 3.24. The lowest BCUT2D eigenvalue weighted by molar-refractivity contribution is -0.385. The molecule has 0 aliphatic rings. The van der Waals surface area contributed by atoms with E-state index in [0.29, 0.717) is 12.1 Å². The molecule has 0 atom stereocenters. The van der Waals surface area contributed by atoms with Crippen molar-refractivity contribution in [2.45, 2.75) is 6.36 Å². The van der Waals surface area contributed by atoms with Gasteiger partial charge in [0.15, 0.2) is 16.5 Å². The van der Waals surface area contributed by atoms with Crippen molar-refractivity contribution < 1.29 is 27.9 Å². The number of alkyl halides is 3. The molecule has 1 rings (SSSR count). The lowest BCUT2D eigenvalue weighted by Gasteiger charge is -2.10. The van der Waals surface area contributed by atoms with Gasteiger partial charge in [-0.25, -0.2) is 0 Å². The van der Waals surface area contributed by atoms with Crippen molar-refractivity contribution in [2.75, 3.05) is 0 Å². The van der Waals surface area contributed by atoms with Gasteiger partial charge >= 0.3 is 12.0 Å². The number of rotatable bonds is 2. The molecule has 0 aliphatic carbocycles. The van der Waals surface area contributed by atoms with Gasteiger partial charge in [0.1, 0.15) is 0 Å². The Hall–Kier alpha value is -1.70. The number of nitrogens with zero attached hydrogens (tertiary/aromatic N) is 1. The zero-order chi connectivity index (χ0) is 12.5. The van der Waals surface area contributed by atoms with Crippen LogP contribution in [-0.4, -0.2) is 16.4 Å². The van der Waals surface area contributed by atoms with E-state index in [1.165, 1.54) is 0 Å². The topological polar surface area (TPSA) is 72.6 Å². The van der Waals surface area contributed by atoms with Crippen LogP contribution >= 0.6 is 11.6 Å². The van der Waals surface area contributed by atoms with Gasteiger partial charge in [0, 0.05) is 0 Å². The predicted molar refractivity (Wildman–Crippen MR) is 46.5 cm³/mol. The van der Waals surface area contributed by atoms with E-state index in [0.717, 1.165) is 0 Å². The third-order valence-corrected chi connectivity index (χ3v) is 1.83. The van der Waals surface area contributed by atoms with Crippen LogP contribution < -0.4 is 4.74 Å². The van der Waals surface area contributed by atoms with Crippen LogP contribution in [0.25, 0.3) is 0 Å². The number of ether oxygens (including phenoxy) is 1. The number of halogens is 4. The predicted octanol–water partition coefficient (Wildman–Crippen LogP) is 2.85. The Morgan fingerprint density at radius 1 is 1.44 bits per heavy atom. The van der Waals surface area contributed by atoms with Crippen LogP contribution in [0.2, 0.25) is 5.02 Å². The van der Waals surface area contributed by atoms with Crippen LogP contribution in [0.15, 0.2) is 12.1 Å². The number of hydrogen-bond acceptors (Lipinski definition) is 4. The molecule has 0 bridgehead atoms. The SMILES string of the molecule is O=[N+]([O-])c1c(O)ccc(OC(F)(F)F)c1Cl. The van der Waals surface area contributed by atoms with E-state index >= 15 is 0 Å². The van der Waals surface area contributed by atoms with Crippen molar-refractivity contribution in [3.05, 3.63) is 27.3 Å². The molecule has 0 spiro atoms. The number of nitro benzene ring substituents is 1. The Morgan fingerprint density at radius 2 is 2.00 bits per heavy atom. The smallest absolute Gasteiger partial charge is 0.502 e. The molecule has 0 unspecified atom stereocenters. The third-order valence-electron chi connectivity index (χ3n) is 1.47. The highest BCUT2D eigenvalue weighted by Gasteiger charge is 2.34. The minimum atomic E-state index is -5.02. The zero-order valence-electron chi connectivity index (χ0n) is 7.29. The summed E-state index contributed by atoms with van der Waals surface area (Å²) in [5, 5.41) is 18.5. The fraction of sp³-hybridized carbons (Fsp3) is 0.143. The Labute approximate surface area is 91.2 Å². The normalized spacial score (nSPS) is 11.2.